The summed E-state index contributed by atoms with van der Waals surface area (Å²) in [7, 11) is 0. The van der Waals surface area contributed by atoms with E-state index in [1.54, 1.807) is 12.1 Å². The molecule has 22 heavy (non-hydrogen) atoms. The van der Waals surface area contributed by atoms with E-state index in [9.17, 15) is 9.90 Å². The molecule has 1 amide bonds. The fraction of sp³-hybridized carbons (Fsp3) is 0.316. The van der Waals surface area contributed by atoms with Crippen molar-refractivity contribution in [2.45, 2.75) is 38.1 Å². The second-order valence-corrected chi connectivity index (χ2v) is 6.05. The molecular weight excluding hydrogens is 274 g/mol. The summed E-state index contributed by atoms with van der Waals surface area (Å²) in [5.41, 5.74) is 2.70. The van der Waals surface area contributed by atoms with Crippen LogP contribution in [0.5, 0.6) is 5.75 Å². The largest absolute Gasteiger partial charge is 0.508 e. The Hall–Kier alpha value is -2.29. The van der Waals surface area contributed by atoms with Gasteiger partial charge in [0.1, 0.15) is 5.75 Å². The second kappa shape index (κ2) is 5.84. The van der Waals surface area contributed by atoms with Gasteiger partial charge < -0.3 is 10.0 Å². The Morgan fingerprint density at radius 1 is 1.09 bits per heavy atom. The zero-order valence-corrected chi connectivity index (χ0v) is 12.8. The van der Waals surface area contributed by atoms with E-state index in [-0.39, 0.29) is 11.3 Å². The summed E-state index contributed by atoms with van der Waals surface area (Å²) in [5.74, 6) is 0.229. The Kier molecular flexibility index (Phi) is 3.88. The first-order valence-corrected chi connectivity index (χ1v) is 7.77. The third-order valence-electron chi connectivity index (χ3n) is 4.75. The molecule has 3 heteroatoms. The summed E-state index contributed by atoms with van der Waals surface area (Å²) in [5, 5.41) is 9.63. The van der Waals surface area contributed by atoms with Crippen molar-refractivity contribution in [2.75, 3.05) is 4.90 Å². The maximum Gasteiger partial charge on any atom is 0.214 e. The fourth-order valence-electron chi connectivity index (χ4n) is 3.68. The van der Waals surface area contributed by atoms with Crippen LogP contribution >= 0.6 is 0 Å². The van der Waals surface area contributed by atoms with Crippen molar-refractivity contribution >= 4 is 12.1 Å². The van der Waals surface area contributed by atoms with Crippen molar-refractivity contribution in [1.82, 2.24) is 0 Å². The molecule has 1 N–H and O–H groups in total. The Morgan fingerprint density at radius 2 is 1.77 bits per heavy atom. The van der Waals surface area contributed by atoms with E-state index < -0.39 is 0 Å². The molecule has 2 aromatic rings. The van der Waals surface area contributed by atoms with E-state index in [0.29, 0.717) is 0 Å². The molecule has 1 aliphatic rings. The number of rotatable bonds is 4. The number of aromatic hydroxyl groups is 1. The van der Waals surface area contributed by atoms with Gasteiger partial charge in [0.05, 0.1) is 5.54 Å². The molecule has 114 valence electrons. The molecule has 3 rings (SSSR count). The van der Waals surface area contributed by atoms with Crippen LogP contribution in [0, 0.1) is 6.92 Å². The number of phenolic OH excluding ortho intramolecular Hbond substituents is 1. The number of amides is 1. The number of carbonyl (C=O) groups is 1. The first-order chi connectivity index (χ1) is 10.7. The highest BCUT2D eigenvalue weighted by molar-refractivity contribution is 5.80. The zero-order valence-electron chi connectivity index (χ0n) is 12.8. The van der Waals surface area contributed by atoms with Crippen LogP contribution in [0.1, 0.15) is 36.8 Å². The maximum atomic E-state index is 12.0. The summed E-state index contributed by atoms with van der Waals surface area (Å²) in [4.78, 5) is 13.8. The molecule has 0 bridgehead atoms. The van der Waals surface area contributed by atoms with Gasteiger partial charge in [-0.25, -0.2) is 0 Å². The van der Waals surface area contributed by atoms with Crippen molar-refractivity contribution < 1.29 is 9.90 Å². The first kappa shape index (κ1) is 14.6. The summed E-state index contributed by atoms with van der Waals surface area (Å²) in [6, 6.07) is 15.5. The topological polar surface area (TPSA) is 40.5 Å². The van der Waals surface area contributed by atoms with Gasteiger partial charge in [-0.2, -0.15) is 0 Å². The summed E-state index contributed by atoms with van der Waals surface area (Å²) < 4.78 is 0. The van der Waals surface area contributed by atoms with Crippen molar-refractivity contribution in [3.8, 4) is 5.75 Å². The molecule has 0 spiro atoms. The number of phenols is 1. The van der Waals surface area contributed by atoms with Crippen LogP contribution in [0.3, 0.4) is 0 Å². The van der Waals surface area contributed by atoms with Crippen LogP contribution < -0.4 is 4.90 Å². The highest BCUT2D eigenvalue weighted by atomic mass is 16.3. The molecule has 0 radical (unpaired) electrons. The van der Waals surface area contributed by atoms with Crippen molar-refractivity contribution in [3.05, 3.63) is 59.7 Å². The van der Waals surface area contributed by atoms with Gasteiger partial charge >= 0.3 is 0 Å². The lowest BCUT2D eigenvalue weighted by atomic mass is 9.85. The monoisotopic (exact) mass is 295 g/mol. The van der Waals surface area contributed by atoms with E-state index in [4.69, 9.17) is 0 Å². The SMILES string of the molecule is Cc1cc(O)ccc1N(C=O)C1(c2ccccc2)CCCC1. The van der Waals surface area contributed by atoms with Crippen LogP contribution in [-0.4, -0.2) is 11.5 Å². The number of carbonyl (C=O) groups excluding carboxylic acids is 1. The van der Waals surface area contributed by atoms with Crippen LogP contribution in [0.2, 0.25) is 0 Å². The Labute approximate surface area is 131 Å². The summed E-state index contributed by atoms with van der Waals surface area (Å²) in [6.45, 7) is 1.93. The Morgan fingerprint density at radius 3 is 2.36 bits per heavy atom. The van der Waals surface area contributed by atoms with Gasteiger partial charge in [0, 0.05) is 5.69 Å². The lowest BCUT2D eigenvalue weighted by molar-refractivity contribution is -0.108. The molecule has 1 aliphatic carbocycles. The molecule has 0 unspecified atom stereocenters. The third-order valence-corrected chi connectivity index (χ3v) is 4.75. The number of anilines is 1. The average molecular weight is 295 g/mol. The lowest BCUT2D eigenvalue weighted by Gasteiger charge is -2.40. The highest BCUT2D eigenvalue weighted by Crippen LogP contribution is 2.46. The van der Waals surface area contributed by atoms with Gasteiger partial charge in [0.15, 0.2) is 0 Å². The lowest BCUT2D eigenvalue weighted by Crippen LogP contribution is -2.44. The number of nitrogens with zero attached hydrogens (tertiary/aromatic N) is 1. The number of hydrogen-bond donors (Lipinski definition) is 1. The molecular formula is C19H21NO2. The summed E-state index contributed by atoms with van der Waals surface area (Å²) >= 11 is 0. The smallest absolute Gasteiger partial charge is 0.214 e. The van der Waals surface area contributed by atoms with Crippen molar-refractivity contribution in [1.29, 1.82) is 0 Å². The zero-order chi connectivity index (χ0) is 15.6. The van der Waals surface area contributed by atoms with E-state index >= 15 is 0 Å². The fourth-order valence-corrected chi connectivity index (χ4v) is 3.68. The third kappa shape index (κ3) is 2.37. The van der Waals surface area contributed by atoms with Crippen LogP contribution in [0.4, 0.5) is 5.69 Å². The maximum absolute atomic E-state index is 12.0. The first-order valence-electron chi connectivity index (χ1n) is 7.77. The van der Waals surface area contributed by atoms with E-state index in [1.165, 1.54) is 5.56 Å². The quantitative estimate of drug-likeness (QED) is 0.861. The standard InChI is InChI=1S/C19H21NO2/c1-15-13-17(22)9-10-18(15)20(14-21)19(11-5-6-12-19)16-7-3-2-4-8-16/h2-4,7-10,13-14,22H,5-6,11-12H2,1H3. The molecule has 1 fully saturated rings. The number of hydrogen-bond acceptors (Lipinski definition) is 2. The van der Waals surface area contributed by atoms with E-state index in [1.807, 2.05) is 36.1 Å². The molecule has 0 heterocycles. The Bertz CT molecular complexity index is 660. The minimum atomic E-state index is -0.273. The van der Waals surface area contributed by atoms with Gasteiger partial charge in [-0.1, -0.05) is 43.2 Å². The molecule has 0 atom stereocenters. The minimum absolute atomic E-state index is 0.229. The predicted molar refractivity (Wildman–Crippen MR) is 88.0 cm³/mol. The molecule has 2 aromatic carbocycles. The average Bonchev–Trinajstić information content (AvgIpc) is 3.02. The number of aryl methyl sites for hydroxylation is 1. The van der Waals surface area contributed by atoms with Crippen LogP contribution in [0.15, 0.2) is 48.5 Å². The normalized spacial score (nSPS) is 16.4. The van der Waals surface area contributed by atoms with Crippen molar-refractivity contribution in [2.24, 2.45) is 0 Å². The molecule has 0 aromatic heterocycles. The minimum Gasteiger partial charge on any atom is -0.508 e. The molecule has 3 nitrogen and oxygen atoms in total. The van der Waals surface area contributed by atoms with Gasteiger partial charge in [0.25, 0.3) is 0 Å². The van der Waals surface area contributed by atoms with Gasteiger partial charge in [-0.3, -0.25) is 4.79 Å². The van der Waals surface area contributed by atoms with Gasteiger partial charge in [0.2, 0.25) is 6.41 Å². The van der Waals surface area contributed by atoms with Crippen LogP contribution in [0.25, 0.3) is 0 Å². The molecule has 0 aliphatic heterocycles. The predicted octanol–water partition coefficient (Wildman–Crippen LogP) is 4.13. The summed E-state index contributed by atoms with van der Waals surface area (Å²) in [6.07, 6.45) is 5.12. The highest BCUT2D eigenvalue weighted by Gasteiger charge is 2.41. The van der Waals surface area contributed by atoms with Gasteiger partial charge in [-0.05, 0) is 49.1 Å². The van der Waals surface area contributed by atoms with Crippen molar-refractivity contribution in [3.63, 3.8) is 0 Å². The van der Waals surface area contributed by atoms with Crippen LogP contribution in [-0.2, 0) is 10.3 Å². The molecule has 1 saturated carbocycles. The molecule has 0 saturated heterocycles. The number of benzene rings is 2. The van der Waals surface area contributed by atoms with E-state index in [2.05, 4.69) is 12.1 Å². The van der Waals surface area contributed by atoms with E-state index in [0.717, 1.165) is 43.3 Å². The van der Waals surface area contributed by atoms with Gasteiger partial charge in [-0.15, -0.1) is 0 Å². The second-order valence-electron chi connectivity index (χ2n) is 6.05. The Balaban J connectivity index is 2.12.